The molecule has 1 aromatic heterocycles. The van der Waals surface area contributed by atoms with Crippen LogP contribution >= 0.6 is 34.8 Å². The third kappa shape index (κ3) is 4.48. The number of amides is 1. The van der Waals surface area contributed by atoms with E-state index in [2.05, 4.69) is 10.5 Å². The van der Waals surface area contributed by atoms with Gasteiger partial charge in [-0.2, -0.15) is 5.10 Å². The van der Waals surface area contributed by atoms with E-state index in [1.165, 1.54) is 18.3 Å². The fourth-order valence-corrected chi connectivity index (χ4v) is 3.44. The molecular weight excluding hydrogens is 451 g/mol. The normalized spacial score (nSPS) is 11.1. The number of aromatic nitrogens is 1. The molecule has 1 amide bonds. The van der Waals surface area contributed by atoms with Crippen LogP contribution in [0.3, 0.4) is 0 Å². The number of nitro benzene ring substituents is 1. The molecule has 10 heteroatoms. The number of aryl methyl sites for hydroxylation is 1. The third-order valence-corrected chi connectivity index (χ3v) is 5.47. The number of hydrazone groups is 1. The molecule has 0 aliphatic rings. The second-order valence-corrected chi connectivity index (χ2v) is 7.60. The molecule has 7 nitrogen and oxygen atoms in total. The van der Waals surface area contributed by atoms with Gasteiger partial charge in [-0.25, -0.2) is 5.43 Å². The number of hydrogen-bond acceptors (Lipinski definition) is 4. The van der Waals surface area contributed by atoms with Crippen molar-refractivity contribution in [3.05, 3.63) is 90.2 Å². The smallest absolute Gasteiger partial charge is 0.288 e. The lowest BCUT2D eigenvalue weighted by Crippen LogP contribution is -2.17. The maximum atomic E-state index is 12.2. The van der Waals surface area contributed by atoms with Crippen molar-refractivity contribution in [3.8, 4) is 5.69 Å². The van der Waals surface area contributed by atoms with Crippen LogP contribution in [0.1, 0.15) is 27.3 Å². The molecule has 30 heavy (non-hydrogen) atoms. The van der Waals surface area contributed by atoms with Gasteiger partial charge in [0.25, 0.3) is 11.6 Å². The summed E-state index contributed by atoms with van der Waals surface area (Å²) in [5.74, 6) is -0.593. The highest BCUT2D eigenvalue weighted by atomic mass is 35.5. The monoisotopic (exact) mass is 464 g/mol. The van der Waals surface area contributed by atoms with Crippen LogP contribution in [0.25, 0.3) is 5.69 Å². The Kier molecular flexibility index (Phi) is 6.45. The maximum absolute atomic E-state index is 12.2. The summed E-state index contributed by atoms with van der Waals surface area (Å²) in [6, 6.07) is 11.0. The number of nitro groups is 1. The number of nitrogens with one attached hydrogen (secondary N) is 1. The Labute approximate surface area is 187 Å². The Bertz CT molecular complexity index is 1190. The molecule has 0 aliphatic carbocycles. The topological polar surface area (TPSA) is 89.5 Å². The zero-order valence-electron chi connectivity index (χ0n) is 15.8. The number of halogens is 3. The number of hydrogen-bond donors (Lipinski definition) is 1. The molecule has 0 spiro atoms. The van der Waals surface area contributed by atoms with Crippen molar-refractivity contribution in [3.63, 3.8) is 0 Å². The lowest BCUT2D eigenvalue weighted by molar-refractivity contribution is -0.384. The van der Waals surface area contributed by atoms with Crippen LogP contribution in [0, 0.1) is 24.0 Å². The van der Waals surface area contributed by atoms with E-state index in [1.54, 1.807) is 12.1 Å². The Hall–Kier alpha value is -2.87. The molecule has 0 saturated carbocycles. The van der Waals surface area contributed by atoms with Gasteiger partial charge in [0.1, 0.15) is 5.02 Å². The highest BCUT2D eigenvalue weighted by Crippen LogP contribution is 2.27. The van der Waals surface area contributed by atoms with Gasteiger partial charge in [-0.15, -0.1) is 0 Å². The second kappa shape index (κ2) is 8.87. The molecular formula is C20H15Cl3N4O3. The highest BCUT2D eigenvalue weighted by Gasteiger charge is 2.16. The van der Waals surface area contributed by atoms with Crippen molar-refractivity contribution < 1.29 is 9.72 Å². The first-order valence-electron chi connectivity index (χ1n) is 8.60. The highest BCUT2D eigenvalue weighted by molar-refractivity contribution is 6.42. The number of carbonyl (C=O) groups excluding carboxylic acids is 1. The van der Waals surface area contributed by atoms with Crippen molar-refractivity contribution in [1.29, 1.82) is 0 Å². The molecule has 3 rings (SSSR count). The van der Waals surface area contributed by atoms with Gasteiger partial charge in [0, 0.05) is 34.3 Å². The summed E-state index contributed by atoms with van der Waals surface area (Å²) in [6.07, 6.45) is 1.50. The quantitative estimate of drug-likeness (QED) is 0.296. The van der Waals surface area contributed by atoms with Gasteiger partial charge in [-0.1, -0.05) is 34.8 Å². The molecule has 0 saturated heterocycles. The van der Waals surface area contributed by atoms with Crippen LogP contribution in [0.2, 0.25) is 15.1 Å². The van der Waals surface area contributed by atoms with Crippen molar-refractivity contribution in [2.24, 2.45) is 5.10 Å². The molecule has 0 aliphatic heterocycles. The molecule has 0 radical (unpaired) electrons. The zero-order valence-corrected chi connectivity index (χ0v) is 18.1. The largest absolute Gasteiger partial charge is 0.318 e. The van der Waals surface area contributed by atoms with Gasteiger partial charge in [0.05, 0.1) is 21.2 Å². The fourth-order valence-electron chi connectivity index (χ4n) is 2.96. The summed E-state index contributed by atoms with van der Waals surface area (Å²) in [4.78, 5) is 22.6. The molecule has 0 atom stereocenters. The van der Waals surface area contributed by atoms with Gasteiger partial charge in [0.2, 0.25) is 0 Å². The Morgan fingerprint density at radius 3 is 2.43 bits per heavy atom. The van der Waals surface area contributed by atoms with Gasteiger partial charge >= 0.3 is 0 Å². The molecule has 0 fully saturated rings. The molecule has 3 aromatic rings. The van der Waals surface area contributed by atoms with Gasteiger partial charge in [0.15, 0.2) is 0 Å². The van der Waals surface area contributed by atoms with Gasteiger partial charge < -0.3 is 4.57 Å². The lowest BCUT2D eigenvalue weighted by Gasteiger charge is -2.10. The predicted octanol–water partition coefficient (Wildman–Crippen LogP) is 5.73. The van der Waals surface area contributed by atoms with E-state index in [9.17, 15) is 14.9 Å². The van der Waals surface area contributed by atoms with Crippen molar-refractivity contribution in [1.82, 2.24) is 9.99 Å². The minimum Gasteiger partial charge on any atom is -0.318 e. The summed E-state index contributed by atoms with van der Waals surface area (Å²) in [6.45, 7) is 3.83. The molecule has 0 unspecified atom stereocenters. The molecule has 1 N–H and O–H groups in total. The Morgan fingerprint density at radius 1 is 1.07 bits per heavy atom. The number of rotatable bonds is 5. The number of carbonyl (C=O) groups is 1. The lowest BCUT2D eigenvalue weighted by atomic mass is 10.2. The van der Waals surface area contributed by atoms with Crippen LogP contribution in [-0.2, 0) is 0 Å². The Morgan fingerprint density at radius 2 is 1.77 bits per heavy atom. The maximum Gasteiger partial charge on any atom is 0.288 e. The van der Waals surface area contributed by atoms with Crippen LogP contribution in [0.15, 0.2) is 47.6 Å². The third-order valence-electron chi connectivity index (χ3n) is 4.41. The summed E-state index contributed by atoms with van der Waals surface area (Å²) in [5, 5.41) is 15.8. The van der Waals surface area contributed by atoms with E-state index in [-0.39, 0.29) is 16.3 Å². The summed E-state index contributed by atoms with van der Waals surface area (Å²) >= 11 is 17.9. The van der Waals surface area contributed by atoms with E-state index in [4.69, 9.17) is 34.8 Å². The molecule has 0 bridgehead atoms. The van der Waals surface area contributed by atoms with Crippen LogP contribution in [-0.4, -0.2) is 21.6 Å². The summed E-state index contributed by atoms with van der Waals surface area (Å²) in [7, 11) is 0. The summed E-state index contributed by atoms with van der Waals surface area (Å²) < 4.78 is 1.98. The zero-order chi connectivity index (χ0) is 22.0. The van der Waals surface area contributed by atoms with Crippen LogP contribution in [0.4, 0.5) is 5.69 Å². The van der Waals surface area contributed by atoms with Crippen molar-refractivity contribution >= 4 is 52.6 Å². The molecule has 2 aromatic carbocycles. The first-order valence-corrected chi connectivity index (χ1v) is 9.74. The predicted molar refractivity (Wildman–Crippen MR) is 118 cm³/mol. The van der Waals surface area contributed by atoms with Gasteiger partial charge in [-0.05, 0) is 50.2 Å². The SMILES string of the molecule is Cc1cc(/C=N\NC(=O)c2ccc(Cl)c([N+](=O)[O-])c2)c(C)n1-c1ccc(Cl)c(Cl)c1. The van der Waals surface area contributed by atoms with E-state index < -0.39 is 10.8 Å². The second-order valence-electron chi connectivity index (χ2n) is 6.38. The Balaban J connectivity index is 1.80. The first-order chi connectivity index (χ1) is 14.2. The van der Waals surface area contributed by atoms with Gasteiger partial charge in [-0.3, -0.25) is 14.9 Å². The number of benzene rings is 2. The van der Waals surface area contributed by atoms with E-state index >= 15 is 0 Å². The van der Waals surface area contributed by atoms with Crippen molar-refractivity contribution in [2.75, 3.05) is 0 Å². The van der Waals surface area contributed by atoms with E-state index in [1.807, 2.05) is 30.5 Å². The minimum atomic E-state index is -0.653. The average Bonchev–Trinajstić information content (AvgIpc) is 2.97. The first kappa shape index (κ1) is 21.8. The minimum absolute atomic E-state index is 0.0465. The molecule has 154 valence electrons. The van der Waals surface area contributed by atoms with Crippen molar-refractivity contribution in [2.45, 2.75) is 13.8 Å². The average molecular weight is 466 g/mol. The number of nitrogens with zero attached hydrogens (tertiary/aromatic N) is 3. The standard InChI is InChI=1S/C20H15Cl3N4O3/c1-11-7-14(12(2)26(11)15-4-6-16(21)18(23)9-15)10-24-25-20(28)13-3-5-17(22)19(8-13)27(29)30/h3-10H,1-2H3,(H,25,28)/b24-10-. The van der Waals surface area contributed by atoms with E-state index in [0.29, 0.717) is 10.0 Å². The summed E-state index contributed by atoms with van der Waals surface area (Å²) in [5.41, 5.74) is 5.53. The van der Waals surface area contributed by atoms with E-state index in [0.717, 1.165) is 28.7 Å². The molecule has 1 heterocycles. The fraction of sp³-hybridized carbons (Fsp3) is 0.100. The van der Waals surface area contributed by atoms with Crippen LogP contribution < -0.4 is 5.43 Å². The van der Waals surface area contributed by atoms with Crippen LogP contribution in [0.5, 0.6) is 0 Å².